The highest BCUT2D eigenvalue weighted by atomic mass is 35.5. The molecule has 1 atom stereocenters. The Bertz CT molecular complexity index is 422. The number of carbonyl (C=O) groups is 1. The van der Waals surface area contributed by atoms with Crippen LogP contribution in [0.3, 0.4) is 0 Å². The summed E-state index contributed by atoms with van der Waals surface area (Å²) in [6.07, 6.45) is 2.78. The van der Waals surface area contributed by atoms with Crippen LogP contribution in [0.5, 0.6) is 0 Å². The van der Waals surface area contributed by atoms with Crippen LogP contribution in [0.1, 0.15) is 17.5 Å². The molecular weight excluding hydrogens is 262 g/mol. The molecule has 0 spiro atoms. The minimum atomic E-state index is 0.0999. The monoisotopic (exact) mass is 281 g/mol. The second-order valence-electron chi connectivity index (χ2n) is 4.80. The highest BCUT2D eigenvalue weighted by Gasteiger charge is 2.23. The van der Waals surface area contributed by atoms with Crippen molar-refractivity contribution >= 4 is 17.5 Å². The quantitative estimate of drug-likeness (QED) is 0.641. The predicted octanol–water partition coefficient (Wildman–Crippen LogP) is 2.16. The van der Waals surface area contributed by atoms with E-state index in [4.69, 9.17) is 16.3 Å². The zero-order valence-electron chi connectivity index (χ0n) is 11.0. The van der Waals surface area contributed by atoms with E-state index in [0.717, 1.165) is 19.3 Å². The minimum absolute atomic E-state index is 0.0999. The number of amides is 1. The molecule has 0 heterocycles. The first-order valence-corrected chi connectivity index (χ1v) is 7.33. The summed E-state index contributed by atoms with van der Waals surface area (Å²) >= 11 is 5.50. The Kier molecular flexibility index (Phi) is 5.67. The first kappa shape index (κ1) is 14.4. The van der Waals surface area contributed by atoms with Gasteiger partial charge in [-0.25, -0.2) is 0 Å². The highest BCUT2D eigenvalue weighted by Crippen LogP contribution is 2.25. The van der Waals surface area contributed by atoms with Crippen molar-refractivity contribution in [3.63, 3.8) is 0 Å². The lowest BCUT2D eigenvalue weighted by atomic mass is 9.83. The van der Waals surface area contributed by atoms with Crippen LogP contribution in [0.25, 0.3) is 0 Å². The number of hydrogen-bond acceptors (Lipinski definition) is 2. The number of alkyl halides is 1. The fraction of sp³-hybridized carbons (Fsp3) is 0.533. The van der Waals surface area contributed by atoms with Crippen LogP contribution in [0.15, 0.2) is 24.3 Å². The van der Waals surface area contributed by atoms with Gasteiger partial charge in [0.15, 0.2) is 0 Å². The Hall–Kier alpha value is -1.06. The molecule has 1 amide bonds. The van der Waals surface area contributed by atoms with Gasteiger partial charge in [-0.15, -0.1) is 11.6 Å². The molecule has 1 aromatic rings. The number of hydrogen-bond donors (Lipinski definition) is 1. The number of halogens is 1. The van der Waals surface area contributed by atoms with Crippen LogP contribution in [-0.2, 0) is 22.4 Å². The van der Waals surface area contributed by atoms with Crippen molar-refractivity contribution in [2.24, 2.45) is 5.92 Å². The van der Waals surface area contributed by atoms with E-state index in [1.165, 1.54) is 11.1 Å². The summed E-state index contributed by atoms with van der Waals surface area (Å²) in [5.41, 5.74) is 2.70. The van der Waals surface area contributed by atoms with E-state index in [9.17, 15) is 4.79 Å². The average molecular weight is 282 g/mol. The third-order valence-electron chi connectivity index (χ3n) is 3.48. The molecule has 0 aromatic heterocycles. The van der Waals surface area contributed by atoms with E-state index in [1.807, 2.05) is 6.07 Å². The van der Waals surface area contributed by atoms with E-state index in [2.05, 4.69) is 23.5 Å². The van der Waals surface area contributed by atoms with Crippen LogP contribution in [0.2, 0.25) is 0 Å². The van der Waals surface area contributed by atoms with Crippen LogP contribution in [-0.4, -0.2) is 31.5 Å². The minimum Gasteiger partial charge on any atom is -0.378 e. The Labute approximate surface area is 119 Å². The van der Waals surface area contributed by atoms with Gasteiger partial charge in [0.2, 0.25) is 5.91 Å². The number of ether oxygens (including phenoxy) is 1. The van der Waals surface area contributed by atoms with Gasteiger partial charge in [0.05, 0.1) is 13.2 Å². The van der Waals surface area contributed by atoms with Crippen molar-refractivity contribution in [1.29, 1.82) is 0 Å². The van der Waals surface area contributed by atoms with Gasteiger partial charge in [0.25, 0.3) is 0 Å². The summed E-state index contributed by atoms with van der Waals surface area (Å²) in [5, 5.41) is 2.94. The number of fused-ring (bicyclic) bond motifs is 1. The van der Waals surface area contributed by atoms with Crippen molar-refractivity contribution in [2.45, 2.75) is 19.3 Å². The Balaban J connectivity index is 1.76. The van der Waals surface area contributed by atoms with E-state index < -0.39 is 0 Å². The fourth-order valence-electron chi connectivity index (χ4n) is 2.47. The number of aryl methyl sites for hydroxylation is 1. The zero-order valence-corrected chi connectivity index (χ0v) is 11.8. The van der Waals surface area contributed by atoms with Gasteiger partial charge in [-0.3, -0.25) is 4.79 Å². The lowest BCUT2D eigenvalue weighted by Gasteiger charge is -2.23. The molecule has 1 unspecified atom stereocenters. The number of benzene rings is 1. The molecule has 0 bridgehead atoms. The molecule has 0 saturated heterocycles. The highest BCUT2D eigenvalue weighted by molar-refractivity contribution is 6.17. The molecule has 2 rings (SSSR count). The Morgan fingerprint density at radius 2 is 2.11 bits per heavy atom. The smallest absolute Gasteiger partial charge is 0.223 e. The van der Waals surface area contributed by atoms with E-state index >= 15 is 0 Å². The number of carbonyl (C=O) groups excluding carboxylic acids is 1. The molecule has 0 saturated carbocycles. The van der Waals surface area contributed by atoms with Gasteiger partial charge in [-0.1, -0.05) is 24.3 Å². The SMILES string of the molecule is O=C(NCCOCCCl)C1CCc2ccccc2C1. The van der Waals surface area contributed by atoms with Crippen LogP contribution in [0.4, 0.5) is 0 Å². The summed E-state index contributed by atoms with van der Waals surface area (Å²) < 4.78 is 5.23. The second kappa shape index (κ2) is 7.51. The molecule has 1 aromatic carbocycles. The van der Waals surface area contributed by atoms with Gasteiger partial charge in [-0.05, 0) is 30.4 Å². The summed E-state index contributed by atoms with van der Waals surface area (Å²) in [5.74, 6) is 0.736. The molecule has 104 valence electrons. The Morgan fingerprint density at radius 1 is 1.32 bits per heavy atom. The first-order valence-electron chi connectivity index (χ1n) is 6.79. The third-order valence-corrected chi connectivity index (χ3v) is 3.64. The molecule has 0 fully saturated rings. The van der Waals surface area contributed by atoms with Gasteiger partial charge in [0, 0.05) is 18.3 Å². The molecule has 1 aliphatic rings. The standard InChI is InChI=1S/C15H20ClNO2/c16-7-9-19-10-8-17-15(18)14-6-5-12-3-1-2-4-13(12)11-14/h1-4,14H,5-11H2,(H,17,18). The lowest BCUT2D eigenvalue weighted by Crippen LogP contribution is -2.36. The topological polar surface area (TPSA) is 38.3 Å². The molecule has 19 heavy (non-hydrogen) atoms. The summed E-state index contributed by atoms with van der Waals surface area (Å²) in [6.45, 7) is 1.63. The van der Waals surface area contributed by atoms with E-state index in [0.29, 0.717) is 25.6 Å². The lowest BCUT2D eigenvalue weighted by molar-refractivity contribution is -0.125. The first-order chi connectivity index (χ1) is 9.31. The van der Waals surface area contributed by atoms with E-state index in [-0.39, 0.29) is 11.8 Å². The molecule has 0 radical (unpaired) electrons. The van der Waals surface area contributed by atoms with Crippen molar-refractivity contribution in [1.82, 2.24) is 5.32 Å². The predicted molar refractivity (Wildman–Crippen MR) is 76.5 cm³/mol. The molecular formula is C15H20ClNO2. The largest absolute Gasteiger partial charge is 0.378 e. The van der Waals surface area contributed by atoms with Crippen LogP contribution in [0, 0.1) is 5.92 Å². The van der Waals surface area contributed by atoms with Crippen molar-refractivity contribution in [3.05, 3.63) is 35.4 Å². The average Bonchev–Trinajstić information content (AvgIpc) is 2.46. The van der Waals surface area contributed by atoms with Gasteiger partial charge < -0.3 is 10.1 Å². The molecule has 4 heteroatoms. The fourth-order valence-corrected chi connectivity index (χ4v) is 2.58. The van der Waals surface area contributed by atoms with Crippen LogP contribution < -0.4 is 5.32 Å². The molecule has 3 nitrogen and oxygen atoms in total. The van der Waals surface area contributed by atoms with Gasteiger partial charge in [0.1, 0.15) is 0 Å². The van der Waals surface area contributed by atoms with Crippen molar-refractivity contribution < 1.29 is 9.53 Å². The Morgan fingerprint density at radius 3 is 2.89 bits per heavy atom. The zero-order chi connectivity index (χ0) is 13.5. The number of rotatable bonds is 6. The second-order valence-corrected chi connectivity index (χ2v) is 5.18. The molecule has 0 aliphatic heterocycles. The van der Waals surface area contributed by atoms with E-state index in [1.54, 1.807) is 0 Å². The summed E-state index contributed by atoms with van der Waals surface area (Å²) in [7, 11) is 0. The maximum atomic E-state index is 12.0. The molecule has 1 aliphatic carbocycles. The third kappa shape index (κ3) is 4.22. The molecule has 1 N–H and O–H groups in total. The summed E-state index contributed by atoms with van der Waals surface area (Å²) in [4.78, 5) is 12.0. The summed E-state index contributed by atoms with van der Waals surface area (Å²) in [6, 6.07) is 8.38. The van der Waals surface area contributed by atoms with Gasteiger partial charge in [-0.2, -0.15) is 0 Å². The maximum Gasteiger partial charge on any atom is 0.223 e. The maximum absolute atomic E-state index is 12.0. The van der Waals surface area contributed by atoms with Crippen molar-refractivity contribution in [2.75, 3.05) is 25.6 Å². The van der Waals surface area contributed by atoms with Gasteiger partial charge >= 0.3 is 0 Å². The normalized spacial score (nSPS) is 17.8. The van der Waals surface area contributed by atoms with Crippen molar-refractivity contribution in [3.8, 4) is 0 Å². The van der Waals surface area contributed by atoms with Crippen LogP contribution >= 0.6 is 11.6 Å². The number of nitrogens with one attached hydrogen (secondary N) is 1.